The number of hydrogen-bond donors (Lipinski definition) is 4. The fraction of sp³-hybridized carbons (Fsp3) is 0.375. The number of primary amides is 1. The van der Waals surface area contributed by atoms with Gasteiger partial charge in [0.05, 0.1) is 0 Å². The summed E-state index contributed by atoms with van der Waals surface area (Å²) in [6, 6.07) is -0.496. The van der Waals surface area contributed by atoms with Gasteiger partial charge in [-0.2, -0.15) is 0 Å². The number of carbonyl (C=O) groups is 1. The summed E-state index contributed by atoms with van der Waals surface area (Å²) in [5, 5.41) is 2.86. The molecule has 15 heavy (non-hydrogen) atoms. The van der Waals surface area contributed by atoms with Crippen LogP contribution in [0.3, 0.4) is 0 Å². The molecule has 1 heterocycles. The van der Waals surface area contributed by atoms with Crippen LogP contribution in [0.15, 0.2) is 6.33 Å². The zero-order chi connectivity index (χ0) is 11.4. The molecule has 0 aliphatic rings. The molecule has 0 spiro atoms. The average molecular weight is 210 g/mol. The lowest BCUT2D eigenvalue weighted by Gasteiger charge is -2.14. The van der Waals surface area contributed by atoms with Crippen molar-refractivity contribution in [2.45, 2.75) is 19.9 Å². The Morgan fingerprint density at radius 2 is 2.07 bits per heavy atom. The standard InChI is InChI=1S/C8H14N6O/c1-4-7(13-5(2)6(9)15)11-3-12-8(4)14-10/h3,5H,10H2,1-2H3,(H2,9,15)(H2,11,12,13,14). The van der Waals surface area contributed by atoms with Gasteiger partial charge in [0.1, 0.15) is 24.0 Å². The Hall–Kier alpha value is -1.89. The van der Waals surface area contributed by atoms with Crippen molar-refractivity contribution in [3.63, 3.8) is 0 Å². The number of rotatable bonds is 4. The van der Waals surface area contributed by atoms with Crippen molar-refractivity contribution >= 4 is 17.5 Å². The molecule has 1 aromatic heterocycles. The predicted octanol–water partition coefficient (Wildman–Crippen LogP) is -0.644. The van der Waals surface area contributed by atoms with E-state index >= 15 is 0 Å². The highest BCUT2D eigenvalue weighted by molar-refractivity contribution is 5.82. The number of anilines is 2. The Morgan fingerprint density at radius 3 is 2.60 bits per heavy atom. The summed E-state index contributed by atoms with van der Waals surface area (Å²) < 4.78 is 0. The van der Waals surface area contributed by atoms with Crippen LogP contribution in [-0.2, 0) is 4.79 Å². The van der Waals surface area contributed by atoms with E-state index in [1.165, 1.54) is 6.33 Å². The van der Waals surface area contributed by atoms with Crippen molar-refractivity contribution in [3.05, 3.63) is 11.9 Å². The maximum absolute atomic E-state index is 10.8. The van der Waals surface area contributed by atoms with E-state index in [4.69, 9.17) is 11.6 Å². The molecule has 1 atom stereocenters. The Bertz CT molecular complexity index is 366. The second-order valence-corrected chi connectivity index (χ2v) is 3.11. The molecule has 0 aliphatic carbocycles. The topological polar surface area (TPSA) is 119 Å². The van der Waals surface area contributed by atoms with Crippen molar-refractivity contribution in [1.82, 2.24) is 9.97 Å². The average Bonchev–Trinajstić information content (AvgIpc) is 2.21. The van der Waals surface area contributed by atoms with E-state index in [-0.39, 0.29) is 0 Å². The summed E-state index contributed by atoms with van der Waals surface area (Å²) in [4.78, 5) is 18.7. The first-order valence-corrected chi connectivity index (χ1v) is 4.40. The largest absolute Gasteiger partial charge is 0.368 e. The normalized spacial score (nSPS) is 11.9. The third kappa shape index (κ3) is 2.53. The SMILES string of the molecule is Cc1c(NN)ncnc1NC(C)C(N)=O. The first kappa shape index (κ1) is 11.2. The summed E-state index contributed by atoms with van der Waals surface area (Å²) in [6.45, 7) is 3.44. The fourth-order valence-electron chi connectivity index (χ4n) is 1.02. The number of aromatic nitrogens is 2. The van der Waals surface area contributed by atoms with Crippen molar-refractivity contribution in [2.75, 3.05) is 10.7 Å². The van der Waals surface area contributed by atoms with E-state index < -0.39 is 11.9 Å². The summed E-state index contributed by atoms with van der Waals surface area (Å²) in [6.07, 6.45) is 1.35. The van der Waals surface area contributed by atoms with Crippen molar-refractivity contribution in [3.8, 4) is 0 Å². The van der Waals surface area contributed by atoms with Gasteiger partial charge >= 0.3 is 0 Å². The molecule has 6 N–H and O–H groups in total. The number of amides is 1. The number of nitrogens with one attached hydrogen (secondary N) is 2. The monoisotopic (exact) mass is 210 g/mol. The van der Waals surface area contributed by atoms with E-state index in [2.05, 4.69) is 20.7 Å². The molecule has 0 aliphatic heterocycles. The molecule has 1 rings (SSSR count). The molecule has 0 aromatic carbocycles. The smallest absolute Gasteiger partial charge is 0.239 e. The van der Waals surface area contributed by atoms with Gasteiger partial charge in [0, 0.05) is 5.56 Å². The van der Waals surface area contributed by atoms with Gasteiger partial charge in [-0.25, -0.2) is 15.8 Å². The van der Waals surface area contributed by atoms with Gasteiger partial charge in [-0.05, 0) is 13.8 Å². The predicted molar refractivity (Wildman–Crippen MR) is 56.9 cm³/mol. The van der Waals surface area contributed by atoms with Crippen LogP contribution in [0.1, 0.15) is 12.5 Å². The molecule has 0 radical (unpaired) electrons. The summed E-state index contributed by atoms with van der Waals surface area (Å²) in [7, 11) is 0. The number of nitrogen functional groups attached to an aromatic ring is 1. The van der Waals surface area contributed by atoms with Gasteiger partial charge in [-0.1, -0.05) is 0 Å². The van der Waals surface area contributed by atoms with E-state index in [0.29, 0.717) is 11.6 Å². The number of hydrazine groups is 1. The van der Waals surface area contributed by atoms with Crippen molar-refractivity contribution in [2.24, 2.45) is 11.6 Å². The Morgan fingerprint density at radius 1 is 1.47 bits per heavy atom. The van der Waals surface area contributed by atoms with E-state index in [9.17, 15) is 4.79 Å². The van der Waals surface area contributed by atoms with Crippen LogP contribution in [0.2, 0.25) is 0 Å². The molecular formula is C8H14N6O. The molecule has 1 aromatic rings. The Kier molecular flexibility index (Phi) is 3.40. The van der Waals surface area contributed by atoms with E-state index in [1.54, 1.807) is 13.8 Å². The first-order chi connectivity index (χ1) is 7.06. The molecule has 0 saturated carbocycles. The second kappa shape index (κ2) is 4.56. The second-order valence-electron chi connectivity index (χ2n) is 3.11. The van der Waals surface area contributed by atoms with Crippen LogP contribution in [0, 0.1) is 6.92 Å². The zero-order valence-electron chi connectivity index (χ0n) is 8.61. The van der Waals surface area contributed by atoms with Crippen LogP contribution in [0.5, 0.6) is 0 Å². The third-order valence-corrected chi connectivity index (χ3v) is 2.00. The van der Waals surface area contributed by atoms with Gasteiger partial charge in [-0.15, -0.1) is 0 Å². The summed E-state index contributed by atoms with van der Waals surface area (Å²) in [5.74, 6) is 5.84. The molecule has 0 saturated heterocycles. The minimum Gasteiger partial charge on any atom is -0.368 e. The molecule has 1 amide bonds. The van der Waals surface area contributed by atoms with Gasteiger partial charge in [-0.3, -0.25) is 4.79 Å². The van der Waals surface area contributed by atoms with Crippen LogP contribution >= 0.6 is 0 Å². The van der Waals surface area contributed by atoms with Crippen molar-refractivity contribution in [1.29, 1.82) is 0 Å². The van der Waals surface area contributed by atoms with E-state index in [1.807, 2.05) is 0 Å². The van der Waals surface area contributed by atoms with Gasteiger partial charge in [0.25, 0.3) is 0 Å². The molecule has 7 heteroatoms. The highest BCUT2D eigenvalue weighted by Gasteiger charge is 2.12. The molecule has 1 unspecified atom stereocenters. The molecule has 7 nitrogen and oxygen atoms in total. The van der Waals surface area contributed by atoms with E-state index in [0.717, 1.165) is 5.56 Å². The van der Waals surface area contributed by atoms with Crippen LogP contribution in [0.4, 0.5) is 11.6 Å². The molecule has 0 bridgehead atoms. The Labute approximate surface area is 87.2 Å². The highest BCUT2D eigenvalue weighted by Crippen LogP contribution is 2.17. The fourth-order valence-corrected chi connectivity index (χ4v) is 1.02. The van der Waals surface area contributed by atoms with Crippen LogP contribution in [-0.4, -0.2) is 21.9 Å². The maximum atomic E-state index is 10.8. The zero-order valence-corrected chi connectivity index (χ0v) is 8.61. The van der Waals surface area contributed by atoms with Crippen LogP contribution < -0.4 is 22.3 Å². The van der Waals surface area contributed by atoms with Gasteiger partial charge < -0.3 is 16.5 Å². The summed E-state index contributed by atoms with van der Waals surface area (Å²) in [5.41, 5.74) is 8.28. The summed E-state index contributed by atoms with van der Waals surface area (Å²) >= 11 is 0. The lowest BCUT2D eigenvalue weighted by Crippen LogP contribution is -2.33. The lowest BCUT2D eigenvalue weighted by atomic mass is 10.2. The number of hydrogen-bond acceptors (Lipinski definition) is 6. The van der Waals surface area contributed by atoms with Crippen LogP contribution in [0.25, 0.3) is 0 Å². The van der Waals surface area contributed by atoms with Gasteiger partial charge in [0.15, 0.2) is 0 Å². The highest BCUT2D eigenvalue weighted by atomic mass is 16.1. The minimum absolute atomic E-state index is 0.449. The number of nitrogens with zero attached hydrogens (tertiary/aromatic N) is 2. The molecular weight excluding hydrogens is 196 g/mol. The number of carbonyl (C=O) groups excluding carboxylic acids is 1. The third-order valence-electron chi connectivity index (χ3n) is 2.00. The lowest BCUT2D eigenvalue weighted by molar-refractivity contribution is -0.118. The molecule has 82 valence electrons. The first-order valence-electron chi connectivity index (χ1n) is 4.40. The minimum atomic E-state index is -0.496. The number of nitrogens with two attached hydrogens (primary N) is 2. The Balaban J connectivity index is 2.90. The molecule has 0 fully saturated rings. The van der Waals surface area contributed by atoms with Crippen molar-refractivity contribution < 1.29 is 4.79 Å². The maximum Gasteiger partial charge on any atom is 0.239 e. The van der Waals surface area contributed by atoms with Gasteiger partial charge in [0.2, 0.25) is 5.91 Å². The quantitative estimate of drug-likeness (QED) is 0.387.